The van der Waals surface area contributed by atoms with Crippen LogP contribution < -0.4 is 15.0 Å². The molecule has 196 valence electrons. The molecule has 5 nitrogen and oxygen atoms in total. The van der Waals surface area contributed by atoms with Crippen LogP contribution in [0.15, 0.2) is 84.9 Å². The van der Waals surface area contributed by atoms with E-state index >= 15 is 0 Å². The standard InChI is InChI=1S/C33H36N2O3/c1-22(2)27-17-16-25(20-30(27)33(36)37-4)35-21-26(38-32-15-8-7-14-31(32)35)18-19-34-23(3)28-13-9-11-24-10-5-6-12-29(24)28/h5-17,20,22-23,26,34H,18-19,21H2,1-4H3. The fourth-order valence-corrected chi connectivity index (χ4v) is 5.39. The summed E-state index contributed by atoms with van der Waals surface area (Å²) in [4.78, 5) is 14.9. The summed E-state index contributed by atoms with van der Waals surface area (Å²) in [5.74, 6) is 0.774. The number of hydrogen-bond acceptors (Lipinski definition) is 5. The van der Waals surface area contributed by atoms with E-state index in [2.05, 4.69) is 85.6 Å². The Hall–Kier alpha value is -3.83. The molecule has 1 aliphatic rings. The predicted molar refractivity (Wildman–Crippen MR) is 155 cm³/mol. The van der Waals surface area contributed by atoms with Crippen LogP contribution in [0.4, 0.5) is 11.4 Å². The maximum absolute atomic E-state index is 12.6. The molecule has 38 heavy (non-hydrogen) atoms. The third kappa shape index (κ3) is 5.25. The van der Waals surface area contributed by atoms with Gasteiger partial charge in [-0.15, -0.1) is 0 Å². The first-order chi connectivity index (χ1) is 18.5. The van der Waals surface area contributed by atoms with Crippen molar-refractivity contribution in [2.75, 3.05) is 25.1 Å². The van der Waals surface area contributed by atoms with Gasteiger partial charge < -0.3 is 19.7 Å². The van der Waals surface area contributed by atoms with Crippen LogP contribution in [0.3, 0.4) is 0 Å². The van der Waals surface area contributed by atoms with Crippen LogP contribution in [0, 0.1) is 0 Å². The van der Waals surface area contributed by atoms with E-state index < -0.39 is 0 Å². The first kappa shape index (κ1) is 25.8. The lowest BCUT2D eigenvalue weighted by Crippen LogP contribution is -2.39. The zero-order valence-corrected chi connectivity index (χ0v) is 22.6. The number of hydrogen-bond donors (Lipinski definition) is 1. The highest BCUT2D eigenvalue weighted by Gasteiger charge is 2.28. The Morgan fingerprint density at radius 3 is 2.55 bits per heavy atom. The lowest BCUT2D eigenvalue weighted by molar-refractivity contribution is 0.0599. The molecule has 2 atom stereocenters. The lowest BCUT2D eigenvalue weighted by atomic mass is 9.96. The maximum Gasteiger partial charge on any atom is 0.338 e. The van der Waals surface area contributed by atoms with Crippen LogP contribution in [-0.2, 0) is 4.74 Å². The van der Waals surface area contributed by atoms with Gasteiger partial charge in [0.05, 0.1) is 24.9 Å². The normalized spacial score (nSPS) is 15.7. The zero-order valence-electron chi connectivity index (χ0n) is 22.6. The minimum atomic E-state index is -0.305. The molecule has 5 heteroatoms. The molecule has 1 N–H and O–H groups in total. The van der Waals surface area contributed by atoms with Gasteiger partial charge in [-0.05, 0) is 72.0 Å². The number of benzene rings is 4. The Morgan fingerprint density at radius 1 is 0.974 bits per heavy atom. The Balaban J connectivity index is 1.34. The summed E-state index contributed by atoms with van der Waals surface area (Å²) in [6, 6.07) is 29.5. The first-order valence-corrected chi connectivity index (χ1v) is 13.4. The van der Waals surface area contributed by atoms with Crippen molar-refractivity contribution in [2.45, 2.75) is 45.3 Å². The van der Waals surface area contributed by atoms with E-state index in [4.69, 9.17) is 9.47 Å². The summed E-state index contributed by atoms with van der Waals surface area (Å²) in [6.45, 7) is 7.92. The van der Waals surface area contributed by atoms with Crippen molar-refractivity contribution in [3.8, 4) is 5.75 Å². The highest BCUT2D eigenvalue weighted by molar-refractivity contribution is 5.93. The van der Waals surface area contributed by atoms with Gasteiger partial charge in [0.2, 0.25) is 0 Å². The minimum Gasteiger partial charge on any atom is -0.486 e. The van der Waals surface area contributed by atoms with E-state index in [1.165, 1.54) is 23.4 Å². The Kier molecular flexibility index (Phi) is 7.66. The molecule has 0 fully saturated rings. The number of methoxy groups -OCH3 is 1. The van der Waals surface area contributed by atoms with E-state index in [0.717, 1.165) is 35.7 Å². The summed E-state index contributed by atoms with van der Waals surface area (Å²) in [5.41, 5.74) is 4.89. The highest BCUT2D eigenvalue weighted by atomic mass is 16.5. The lowest BCUT2D eigenvalue weighted by Gasteiger charge is -2.37. The summed E-state index contributed by atoms with van der Waals surface area (Å²) in [5, 5.41) is 6.26. The SMILES string of the molecule is COC(=O)c1cc(N2CC(CCNC(C)c3cccc4ccccc34)Oc3ccccc32)ccc1C(C)C. The second-order valence-corrected chi connectivity index (χ2v) is 10.3. The number of esters is 1. The summed E-state index contributed by atoms with van der Waals surface area (Å²) < 4.78 is 11.5. The molecule has 0 bridgehead atoms. The number of ether oxygens (including phenoxy) is 2. The van der Waals surface area contributed by atoms with E-state index in [9.17, 15) is 4.79 Å². The molecule has 0 aromatic heterocycles. The maximum atomic E-state index is 12.6. The second-order valence-electron chi connectivity index (χ2n) is 10.3. The molecule has 0 radical (unpaired) electrons. The van der Waals surface area contributed by atoms with Gasteiger partial charge in [0.1, 0.15) is 11.9 Å². The van der Waals surface area contributed by atoms with Crippen molar-refractivity contribution in [1.82, 2.24) is 5.32 Å². The number of anilines is 2. The van der Waals surface area contributed by atoms with Crippen molar-refractivity contribution in [3.05, 3.63) is 102 Å². The van der Waals surface area contributed by atoms with Gasteiger partial charge in [0.25, 0.3) is 0 Å². The van der Waals surface area contributed by atoms with Crippen LogP contribution in [-0.4, -0.2) is 32.3 Å². The molecule has 0 aliphatic carbocycles. The molecule has 4 aromatic carbocycles. The van der Waals surface area contributed by atoms with Gasteiger partial charge in [-0.25, -0.2) is 4.79 Å². The first-order valence-electron chi connectivity index (χ1n) is 13.4. The van der Waals surface area contributed by atoms with Crippen molar-refractivity contribution < 1.29 is 14.3 Å². The van der Waals surface area contributed by atoms with Crippen LogP contribution in [0.5, 0.6) is 5.75 Å². The third-order valence-electron chi connectivity index (χ3n) is 7.42. The second kappa shape index (κ2) is 11.3. The number of para-hydroxylation sites is 2. The number of nitrogens with zero attached hydrogens (tertiary/aromatic N) is 1. The van der Waals surface area contributed by atoms with Gasteiger partial charge >= 0.3 is 5.97 Å². The molecular weight excluding hydrogens is 472 g/mol. The molecule has 0 saturated carbocycles. The molecule has 0 spiro atoms. The summed E-state index contributed by atoms with van der Waals surface area (Å²) in [6.07, 6.45) is 0.858. The minimum absolute atomic E-state index is 0.00321. The fourth-order valence-electron chi connectivity index (χ4n) is 5.39. The van der Waals surface area contributed by atoms with Crippen LogP contribution in [0.25, 0.3) is 10.8 Å². The van der Waals surface area contributed by atoms with Crippen molar-refractivity contribution in [1.29, 1.82) is 0 Å². The molecule has 5 rings (SSSR count). The predicted octanol–water partition coefficient (Wildman–Crippen LogP) is 7.39. The fraction of sp³-hybridized carbons (Fsp3) is 0.303. The Morgan fingerprint density at radius 2 is 1.74 bits per heavy atom. The zero-order chi connectivity index (χ0) is 26.6. The quantitative estimate of drug-likeness (QED) is 0.252. The molecule has 1 aliphatic heterocycles. The smallest absolute Gasteiger partial charge is 0.338 e. The largest absolute Gasteiger partial charge is 0.486 e. The van der Waals surface area contributed by atoms with Gasteiger partial charge in [-0.2, -0.15) is 0 Å². The van der Waals surface area contributed by atoms with Crippen LogP contribution in [0.1, 0.15) is 60.6 Å². The van der Waals surface area contributed by atoms with E-state index in [1.807, 2.05) is 30.3 Å². The average molecular weight is 509 g/mol. The molecular formula is C33H36N2O3. The molecule has 2 unspecified atom stereocenters. The van der Waals surface area contributed by atoms with E-state index in [-0.39, 0.29) is 24.0 Å². The van der Waals surface area contributed by atoms with Crippen molar-refractivity contribution >= 4 is 28.1 Å². The van der Waals surface area contributed by atoms with E-state index in [0.29, 0.717) is 12.1 Å². The number of rotatable bonds is 8. The molecule has 4 aromatic rings. The average Bonchev–Trinajstić information content (AvgIpc) is 2.95. The molecule has 1 heterocycles. The highest BCUT2D eigenvalue weighted by Crippen LogP contribution is 2.39. The topological polar surface area (TPSA) is 50.8 Å². The number of nitrogens with one attached hydrogen (secondary N) is 1. The molecule has 0 amide bonds. The number of fused-ring (bicyclic) bond motifs is 2. The van der Waals surface area contributed by atoms with Gasteiger partial charge in [0.15, 0.2) is 0 Å². The van der Waals surface area contributed by atoms with Gasteiger partial charge in [-0.1, -0.05) is 74.5 Å². The Labute approximate surface area is 225 Å². The van der Waals surface area contributed by atoms with Gasteiger partial charge in [-0.3, -0.25) is 0 Å². The van der Waals surface area contributed by atoms with Crippen LogP contribution in [0.2, 0.25) is 0 Å². The number of carbonyl (C=O) groups is 1. The summed E-state index contributed by atoms with van der Waals surface area (Å²) >= 11 is 0. The number of carbonyl (C=O) groups excluding carboxylic acids is 1. The van der Waals surface area contributed by atoms with Crippen LogP contribution >= 0.6 is 0 Å². The molecule has 0 saturated heterocycles. The monoisotopic (exact) mass is 508 g/mol. The summed E-state index contributed by atoms with van der Waals surface area (Å²) in [7, 11) is 1.44. The third-order valence-corrected chi connectivity index (χ3v) is 7.42. The van der Waals surface area contributed by atoms with Crippen molar-refractivity contribution in [3.63, 3.8) is 0 Å². The van der Waals surface area contributed by atoms with E-state index in [1.54, 1.807) is 0 Å². The Bertz CT molecular complexity index is 1430. The van der Waals surface area contributed by atoms with Gasteiger partial charge in [0, 0.05) is 11.7 Å². The van der Waals surface area contributed by atoms with Crippen molar-refractivity contribution in [2.24, 2.45) is 0 Å².